The Morgan fingerprint density at radius 1 is 1.26 bits per heavy atom. The van der Waals surface area contributed by atoms with Crippen LogP contribution < -0.4 is 5.32 Å². The molecule has 0 saturated heterocycles. The molecule has 0 fully saturated rings. The predicted molar refractivity (Wildman–Crippen MR) is 88.6 cm³/mol. The highest BCUT2D eigenvalue weighted by Crippen LogP contribution is 2.50. The molecule has 0 bridgehead atoms. The van der Waals surface area contributed by atoms with Crippen LogP contribution >= 0.6 is 11.6 Å². The van der Waals surface area contributed by atoms with Gasteiger partial charge in [-0.15, -0.1) is 0 Å². The molecular weight excluding hydrogens is 315 g/mol. The maximum absolute atomic E-state index is 14.5. The summed E-state index contributed by atoms with van der Waals surface area (Å²) in [5.74, 6) is 0.213. The molecule has 1 spiro atoms. The maximum atomic E-state index is 14.5. The van der Waals surface area contributed by atoms with E-state index in [1.54, 1.807) is 18.3 Å². The molecule has 1 aromatic carbocycles. The van der Waals surface area contributed by atoms with E-state index in [9.17, 15) is 9.18 Å². The number of nitrogens with zero attached hydrogens (tertiary/aromatic N) is 1. The number of anilines is 1. The van der Waals surface area contributed by atoms with Crippen LogP contribution in [0.5, 0.6) is 0 Å². The molecule has 2 aliphatic rings. The molecule has 0 saturated carbocycles. The van der Waals surface area contributed by atoms with E-state index in [4.69, 9.17) is 11.6 Å². The Morgan fingerprint density at radius 3 is 2.78 bits per heavy atom. The molecule has 116 valence electrons. The third-order valence-electron chi connectivity index (χ3n) is 4.77. The van der Waals surface area contributed by atoms with Gasteiger partial charge in [0.15, 0.2) is 6.29 Å². The SMILES string of the molecule is O=Cc1cccc(-c2cnc3c(c2Cl)C2(CC=CC2)CN3)c1F. The smallest absolute Gasteiger partial charge is 0.153 e. The summed E-state index contributed by atoms with van der Waals surface area (Å²) in [5, 5.41) is 3.82. The Bertz CT molecular complexity index is 839. The second-order valence-electron chi connectivity index (χ2n) is 6.05. The van der Waals surface area contributed by atoms with Gasteiger partial charge in [-0.1, -0.05) is 35.9 Å². The fourth-order valence-electron chi connectivity index (χ4n) is 3.53. The van der Waals surface area contributed by atoms with Crippen LogP contribution in [0.4, 0.5) is 10.2 Å². The van der Waals surface area contributed by atoms with Gasteiger partial charge in [0.2, 0.25) is 0 Å². The molecule has 0 atom stereocenters. The van der Waals surface area contributed by atoms with E-state index < -0.39 is 5.82 Å². The highest BCUT2D eigenvalue weighted by atomic mass is 35.5. The van der Waals surface area contributed by atoms with Crippen LogP contribution in [-0.4, -0.2) is 17.8 Å². The molecule has 1 aliphatic carbocycles. The maximum Gasteiger partial charge on any atom is 0.153 e. The number of aromatic nitrogens is 1. The molecule has 1 N–H and O–H groups in total. The average Bonchev–Trinajstić information content (AvgIpc) is 3.17. The van der Waals surface area contributed by atoms with Crippen molar-refractivity contribution in [2.24, 2.45) is 0 Å². The molecule has 5 heteroatoms. The minimum absolute atomic E-state index is 0.0226. The number of pyridine rings is 1. The first-order valence-electron chi connectivity index (χ1n) is 7.48. The van der Waals surface area contributed by atoms with Crippen molar-refractivity contribution in [3.8, 4) is 11.1 Å². The largest absolute Gasteiger partial charge is 0.369 e. The standard InChI is InChI=1S/C18H14ClFN2O/c19-15-13(12-5-3-4-11(9-23)16(12)20)8-21-17-14(15)18(10-22-17)6-1-2-7-18/h1-5,8-9H,6-7,10H2,(H,21,22). The number of hydrogen-bond donors (Lipinski definition) is 1. The topological polar surface area (TPSA) is 42.0 Å². The summed E-state index contributed by atoms with van der Waals surface area (Å²) in [6.45, 7) is 0.780. The molecule has 23 heavy (non-hydrogen) atoms. The quantitative estimate of drug-likeness (QED) is 0.657. The number of carbonyl (C=O) groups excluding carboxylic acids is 1. The van der Waals surface area contributed by atoms with Gasteiger partial charge >= 0.3 is 0 Å². The zero-order chi connectivity index (χ0) is 16.0. The summed E-state index contributed by atoms with van der Waals surface area (Å²) in [4.78, 5) is 15.4. The fourth-order valence-corrected chi connectivity index (χ4v) is 3.98. The van der Waals surface area contributed by atoms with Gasteiger partial charge in [-0.3, -0.25) is 4.79 Å². The number of benzene rings is 1. The van der Waals surface area contributed by atoms with Gasteiger partial charge in [0.25, 0.3) is 0 Å². The van der Waals surface area contributed by atoms with E-state index in [2.05, 4.69) is 22.5 Å². The first-order valence-corrected chi connectivity index (χ1v) is 7.86. The van der Waals surface area contributed by atoms with Crippen LogP contribution in [0.3, 0.4) is 0 Å². The first kappa shape index (κ1) is 14.4. The molecular formula is C18H14ClFN2O. The van der Waals surface area contributed by atoms with E-state index in [1.807, 2.05) is 0 Å². The third kappa shape index (κ3) is 2.01. The van der Waals surface area contributed by atoms with Crippen molar-refractivity contribution < 1.29 is 9.18 Å². The van der Waals surface area contributed by atoms with Crippen LogP contribution in [0.2, 0.25) is 5.02 Å². The molecule has 1 aliphatic heterocycles. The van der Waals surface area contributed by atoms with Gasteiger partial charge in [0.05, 0.1) is 10.6 Å². The Balaban J connectivity index is 1.92. The number of hydrogen-bond acceptors (Lipinski definition) is 3. The monoisotopic (exact) mass is 328 g/mol. The molecule has 2 heterocycles. The second kappa shape index (κ2) is 5.17. The normalized spacial score (nSPS) is 17.3. The fraction of sp³-hybridized carbons (Fsp3) is 0.222. The highest BCUT2D eigenvalue weighted by molar-refractivity contribution is 6.34. The van der Waals surface area contributed by atoms with Crippen molar-refractivity contribution in [1.29, 1.82) is 0 Å². The van der Waals surface area contributed by atoms with Gasteiger partial charge < -0.3 is 5.32 Å². The van der Waals surface area contributed by atoms with Crippen molar-refractivity contribution in [2.45, 2.75) is 18.3 Å². The van der Waals surface area contributed by atoms with E-state index in [0.29, 0.717) is 22.4 Å². The molecule has 0 amide bonds. The number of fused-ring (bicyclic) bond motifs is 2. The summed E-state index contributed by atoms with van der Waals surface area (Å²) in [6, 6.07) is 4.72. The number of aldehydes is 1. The second-order valence-corrected chi connectivity index (χ2v) is 6.43. The van der Waals surface area contributed by atoms with E-state index in [1.165, 1.54) is 6.07 Å². The van der Waals surface area contributed by atoms with Crippen LogP contribution in [-0.2, 0) is 5.41 Å². The Hall–Kier alpha value is -2.20. The third-order valence-corrected chi connectivity index (χ3v) is 5.16. The minimum Gasteiger partial charge on any atom is -0.369 e. The van der Waals surface area contributed by atoms with Gasteiger partial charge in [0.1, 0.15) is 11.6 Å². The highest BCUT2D eigenvalue weighted by Gasteiger charge is 2.42. The number of carbonyl (C=O) groups is 1. The first-order chi connectivity index (χ1) is 11.2. The van der Waals surface area contributed by atoms with Crippen molar-refractivity contribution >= 4 is 23.7 Å². The van der Waals surface area contributed by atoms with Gasteiger partial charge in [-0.2, -0.15) is 0 Å². The Labute approximate surface area is 138 Å². The molecule has 3 nitrogen and oxygen atoms in total. The molecule has 0 unspecified atom stereocenters. The number of halogens is 2. The Morgan fingerprint density at radius 2 is 2.04 bits per heavy atom. The van der Waals surface area contributed by atoms with Crippen molar-refractivity contribution in [3.63, 3.8) is 0 Å². The summed E-state index contributed by atoms with van der Waals surface area (Å²) >= 11 is 6.66. The zero-order valence-electron chi connectivity index (χ0n) is 12.3. The molecule has 2 aromatic rings. The lowest BCUT2D eigenvalue weighted by Crippen LogP contribution is -2.25. The van der Waals surface area contributed by atoms with E-state index in [0.717, 1.165) is 30.8 Å². The van der Waals surface area contributed by atoms with E-state index in [-0.39, 0.29) is 11.0 Å². The van der Waals surface area contributed by atoms with Crippen molar-refractivity contribution in [2.75, 3.05) is 11.9 Å². The summed E-state index contributed by atoms with van der Waals surface area (Å²) in [7, 11) is 0. The van der Waals surface area contributed by atoms with Crippen LogP contribution in [0, 0.1) is 5.82 Å². The van der Waals surface area contributed by atoms with Gasteiger partial charge in [-0.05, 0) is 18.9 Å². The lowest BCUT2D eigenvalue weighted by atomic mass is 9.80. The summed E-state index contributed by atoms with van der Waals surface area (Å²) in [6.07, 6.45) is 8.17. The number of allylic oxidation sites excluding steroid dienone is 2. The molecule has 0 radical (unpaired) electrons. The zero-order valence-corrected chi connectivity index (χ0v) is 13.0. The molecule has 1 aromatic heterocycles. The van der Waals surface area contributed by atoms with Crippen LogP contribution in [0.15, 0.2) is 36.5 Å². The molecule has 4 rings (SSSR count). The number of nitrogens with one attached hydrogen (secondary N) is 1. The minimum atomic E-state index is -0.560. The lowest BCUT2D eigenvalue weighted by molar-refractivity contribution is 0.112. The van der Waals surface area contributed by atoms with Crippen molar-refractivity contribution in [1.82, 2.24) is 4.98 Å². The van der Waals surface area contributed by atoms with Crippen LogP contribution in [0.1, 0.15) is 28.8 Å². The average molecular weight is 329 g/mol. The van der Waals surface area contributed by atoms with Gasteiger partial charge in [0, 0.05) is 34.8 Å². The van der Waals surface area contributed by atoms with Crippen molar-refractivity contribution in [3.05, 3.63) is 58.5 Å². The summed E-state index contributed by atoms with van der Waals surface area (Å²) < 4.78 is 14.5. The summed E-state index contributed by atoms with van der Waals surface area (Å²) in [5.41, 5.74) is 1.73. The van der Waals surface area contributed by atoms with E-state index >= 15 is 0 Å². The lowest BCUT2D eigenvalue weighted by Gasteiger charge is -2.24. The Kier molecular flexibility index (Phi) is 3.23. The van der Waals surface area contributed by atoms with Gasteiger partial charge in [-0.25, -0.2) is 9.37 Å². The number of rotatable bonds is 2. The van der Waals surface area contributed by atoms with Crippen LogP contribution in [0.25, 0.3) is 11.1 Å². The predicted octanol–water partition coefficient (Wildman–Crippen LogP) is 4.37.